The number of benzene rings is 2. The summed E-state index contributed by atoms with van der Waals surface area (Å²) in [7, 11) is -3.29. The van der Waals surface area contributed by atoms with E-state index in [2.05, 4.69) is 10.3 Å². The molecule has 8 nitrogen and oxygen atoms in total. The molecular weight excluding hydrogens is 541 g/mol. The Morgan fingerprint density at radius 1 is 1.22 bits per heavy atom. The monoisotopic (exact) mass is 567 g/mol. The summed E-state index contributed by atoms with van der Waals surface area (Å²) in [4.78, 5) is 31.9. The Kier molecular flexibility index (Phi) is 7.87. The van der Waals surface area contributed by atoms with Crippen LogP contribution in [0.1, 0.15) is 26.3 Å². The molecule has 0 saturated carbocycles. The number of rotatable bonds is 5. The number of nitrogens with zero attached hydrogens (tertiary/aromatic N) is 2. The first-order valence-corrected chi connectivity index (χ1v) is 14.7. The lowest BCUT2D eigenvalue weighted by atomic mass is 10.1. The van der Waals surface area contributed by atoms with Crippen LogP contribution in [0.25, 0.3) is 0 Å². The third-order valence-corrected chi connectivity index (χ3v) is 9.22. The largest absolute Gasteiger partial charge is 0.444 e. The van der Waals surface area contributed by atoms with Gasteiger partial charge in [0.2, 0.25) is 0 Å². The minimum atomic E-state index is -3.29. The van der Waals surface area contributed by atoms with Crippen molar-refractivity contribution >= 4 is 56.1 Å². The van der Waals surface area contributed by atoms with Crippen LogP contribution in [0.15, 0.2) is 53.5 Å². The summed E-state index contributed by atoms with van der Waals surface area (Å²) >= 11 is 7.17. The fourth-order valence-electron chi connectivity index (χ4n) is 4.17. The van der Waals surface area contributed by atoms with Crippen molar-refractivity contribution in [3.8, 4) is 0 Å². The number of amidine groups is 1. The third-order valence-electron chi connectivity index (χ3n) is 5.73. The molecule has 2 aliphatic rings. The summed E-state index contributed by atoms with van der Waals surface area (Å²) in [6.07, 6.45) is -0.588. The first-order valence-electron chi connectivity index (χ1n) is 11.6. The molecule has 2 fully saturated rings. The van der Waals surface area contributed by atoms with Crippen LogP contribution in [0.3, 0.4) is 0 Å². The number of hydrogen-bond acceptors (Lipinski definition) is 6. The van der Waals surface area contributed by atoms with Crippen molar-refractivity contribution in [2.45, 2.75) is 50.1 Å². The van der Waals surface area contributed by atoms with E-state index in [4.69, 9.17) is 16.3 Å². The smallest absolute Gasteiger partial charge is 0.408 e. The van der Waals surface area contributed by atoms with Gasteiger partial charge in [-0.2, -0.15) is 4.99 Å². The van der Waals surface area contributed by atoms with Crippen LogP contribution in [0.5, 0.6) is 0 Å². The SMILES string of the molecule is CC(C)(C)OC(=O)NC(Cc1ccccc1)C(=O)N=C1SC2CS(=O)(=O)CC2N1c1ccc(F)c(Cl)c1. The Hall–Kier alpha value is -2.63. The lowest BCUT2D eigenvalue weighted by Crippen LogP contribution is -2.45. The standard InChI is InChI=1S/C25H27ClFN3O5S2/c1-25(2,3)35-24(32)28-19(11-15-7-5-4-6-8-15)22(31)29-23-30(16-9-10-18(27)17(26)12-16)20-13-37(33,34)14-21(20)36-23/h4-10,12,19-21H,11,13-14H2,1-3H3,(H,28,32). The molecular formula is C25H27ClFN3O5S2. The van der Waals surface area contributed by atoms with Crippen molar-refractivity contribution in [1.82, 2.24) is 5.32 Å². The van der Waals surface area contributed by atoms with E-state index in [1.807, 2.05) is 30.3 Å². The number of aliphatic imine (C=N–C) groups is 1. The summed E-state index contributed by atoms with van der Waals surface area (Å²) in [5.41, 5.74) is 0.468. The van der Waals surface area contributed by atoms with Crippen molar-refractivity contribution in [3.63, 3.8) is 0 Å². The maximum absolute atomic E-state index is 13.8. The number of anilines is 1. The van der Waals surface area contributed by atoms with E-state index in [-0.39, 0.29) is 33.4 Å². The van der Waals surface area contributed by atoms with Gasteiger partial charge < -0.3 is 15.0 Å². The van der Waals surface area contributed by atoms with Gasteiger partial charge in [0.1, 0.15) is 17.5 Å². The normalized spacial score (nSPS) is 22.5. The van der Waals surface area contributed by atoms with Gasteiger partial charge in [-0.1, -0.05) is 53.7 Å². The van der Waals surface area contributed by atoms with Gasteiger partial charge in [-0.25, -0.2) is 17.6 Å². The minimum Gasteiger partial charge on any atom is -0.444 e. The molecule has 37 heavy (non-hydrogen) atoms. The number of thioether (sulfide) groups is 1. The van der Waals surface area contributed by atoms with E-state index in [1.54, 1.807) is 25.7 Å². The Labute approximate surface area is 224 Å². The fourth-order valence-corrected chi connectivity index (χ4v) is 8.27. The zero-order valence-electron chi connectivity index (χ0n) is 20.5. The van der Waals surface area contributed by atoms with E-state index in [9.17, 15) is 22.4 Å². The van der Waals surface area contributed by atoms with E-state index >= 15 is 0 Å². The second-order valence-electron chi connectivity index (χ2n) is 9.89. The first-order chi connectivity index (χ1) is 17.3. The highest BCUT2D eigenvalue weighted by Crippen LogP contribution is 2.41. The van der Waals surface area contributed by atoms with E-state index in [1.165, 1.54) is 30.0 Å². The number of hydrogen-bond donors (Lipinski definition) is 1. The van der Waals surface area contributed by atoms with Gasteiger partial charge in [-0.3, -0.25) is 4.79 Å². The number of fused-ring (bicyclic) bond motifs is 1. The maximum Gasteiger partial charge on any atom is 0.408 e. The highest BCUT2D eigenvalue weighted by Gasteiger charge is 2.49. The van der Waals surface area contributed by atoms with E-state index in [0.717, 1.165) is 5.56 Å². The van der Waals surface area contributed by atoms with Crippen LogP contribution >= 0.6 is 23.4 Å². The van der Waals surface area contributed by atoms with Crippen molar-refractivity contribution in [1.29, 1.82) is 0 Å². The number of alkyl carbamates (subject to hydrolysis) is 1. The second-order valence-corrected chi connectivity index (χ2v) is 13.7. The quantitative estimate of drug-likeness (QED) is 0.577. The molecule has 0 aliphatic carbocycles. The summed E-state index contributed by atoms with van der Waals surface area (Å²) in [5.74, 6) is -1.44. The highest BCUT2D eigenvalue weighted by molar-refractivity contribution is 8.16. The highest BCUT2D eigenvalue weighted by atomic mass is 35.5. The fraction of sp³-hybridized carbons (Fsp3) is 0.400. The van der Waals surface area contributed by atoms with Gasteiger partial charge in [-0.15, -0.1) is 0 Å². The third kappa shape index (κ3) is 6.82. The summed E-state index contributed by atoms with van der Waals surface area (Å²) in [5, 5.41) is 2.40. The molecule has 0 spiro atoms. The van der Waals surface area contributed by atoms with Crippen molar-refractivity contribution < 1.29 is 27.1 Å². The second kappa shape index (κ2) is 10.6. The van der Waals surface area contributed by atoms with E-state index < -0.39 is 45.3 Å². The molecule has 3 atom stereocenters. The molecule has 3 unspecified atom stereocenters. The molecule has 2 aromatic rings. The Morgan fingerprint density at radius 3 is 2.57 bits per heavy atom. The molecule has 2 aromatic carbocycles. The average Bonchev–Trinajstić information content (AvgIpc) is 3.25. The predicted octanol–water partition coefficient (Wildman–Crippen LogP) is 4.22. The number of halogens is 2. The van der Waals surface area contributed by atoms with Gasteiger partial charge in [0.15, 0.2) is 15.0 Å². The number of sulfone groups is 1. The molecule has 12 heteroatoms. The molecule has 0 radical (unpaired) electrons. The topological polar surface area (TPSA) is 105 Å². The number of nitrogens with one attached hydrogen (secondary N) is 1. The average molecular weight is 568 g/mol. The van der Waals surface area contributed by atoms with Crippen molar-refractivity contribution in [2.24, 2.45) is 4.99 Å². The Bertz CT molecular complexity index is 1330. The number of carbonyl (C=O) groups is 2. The molecule has 2 amide bonds. The molecule has 4 rings (SSSR count). The predicted molar refractivity (Wildman–Crippen MR) is 143 cm³/mol. The van der Waals surface area contributed by atoms with Crippen LogP contribution in [-0.2, 0) is 25.8 Å². The van der Waals surface area contributed by atoms with Crippen molar-refractivity contribution in [3.05, 3.63) is 64.9 Å². The van der Waals surface area contributed by atoms with Gasteiger partial charge in [0.25, 0.3) is 5.91 Å². The molecule has 198 valence electrons. The molecule has 2 heterocycles. The van der Waals surface area contributed by atoms with Gasteiger partial charge in [-0.05, 0) is 44.5 Å². The zero-order valence-corrected chi connectivity index (χ0v) is 22.9. The summed E-state index contributed by atoms with van der Waals surface area (Å²) < 4.78 is 43.8. The lowest BCUT2D eigenvalue weighted by molar-refractivity contribution is -0.119. The lowest BCUT2D eigenvalue weighted by Gasteiger charge is -2.25. The maximum atomic E-state index is 13.8. The van der Waals surface area contributed by atoms with Gasteiger partial charge >= 0.3 is 6.09 Å². The van der Waals surface area contributed by atoms with Crippen LogP contribution in [0.4, 0.5) is 14.9 Å². The molecule has 2 saturated heterocycles. The number of carbonyl (C=O) groups excluding carboxylic acids is 2. The molecule has 0 bridgehead atoms. The molecule has 1 N–H and O–H groups in total. The number of ether oxygens (including phenoxy) is 1. The van der Waals surface area contributed by atoms with Crippen LogP contribution in [0, 0.1) is 5.82 Å². The summed E-state index contributed by atoms with van der Waals surface area (Å²) in [6, 6.07) is 11.7. The Morgan fingerprint density at radius 2 is 1.92 bits per heavy atom. The summed E-state index contributed by atoms with van der Waals surface area (Å²) in [6.45, 7) is 5.15. The molecule has 2 aliphatic heterocycles. The van der Waals surface area contributed by atoms with Gasteiger partial charge in [0, 0.05) is 17.4 Å². The molecule has 0 aromatic heterocycles. The minimum absolute atomic E-state index is 0.0649. The first kappa shape index (κ1) is 27.4. The van der Waals surface area contributed by atoms with Crippen LogP contribution < -0.4 is 10.2 Å². The van der Waals surface area contributed by atoms with Gasteiger partial charge in [0.05, 0.1) is 22.6 Å². The van der Waals surface area contributed by atoms with Crippen LogP contribution in [-0.4, -0.2) is 60.0 Å². The van der Waals surface area contributed by atoms with Crippen LogP contribution in [0.2, 0.25) is 5.02 Å². The Balaban J connectivity index is 1.66. The number of amides is 2. The van der Waals surface area contributed by atoms with E-state index in [0.29, 0.717) is 5.69 Å². The zero-order chi connectivity index (χ0) is 27.0. The van der Waals surface area contributed by atoms with Crippen molar-refractivity contribution in [2.75, 3.05) is 16.4 Å².